The quantitative estimate of drug-likeness (QED) is 0.240. The number of aromatic hydroxyl groups is 2. The van der Waals surface area contributed by atoms with Crippen LogP contribution in [0.3, 0.4) is 0 Å². The van der Waals surface area contributed by atoms with E-state index in [4.69, 9.17) is 37.9 Å². The molecule has 0 fully saturated rings. The molecule has 2 aliphatic heterocycles. The molecule has 0 spiro atoms. The van der Waals surface area contributed by atoms with Crippen molar-refractivity contribution in [1.82, 2.24) is 0 Å². The van der Waals surface area contributed by atoms with Crippen LogP contribution in [0.5, 0.6) is 23.0 Å². The molecular formula is C35H38O13. The Balaban J connectivity index is 1.96. The van der Waals surface area contributed by atoms with Crippen molar-refractivity contribution in [2.75, 3.05) is 35.5 Å². The number of hydrogen-bond acceptors (Lipinski definition) is 13. The maximum absolute atomic E-state index is 13.9. The van der Waals surface area contributed by atoms with Crippen LogP contribution < -0.4 is 9.47 Å². The van der Waals surface area contributed by atoms with E-state index in [9.17, 15) is 24.9 Å². The largest absolute Gasteiger partial charge is 0.507 e. The summed E-state index contributed by atoms with van der Waals surface area (Å²) < 4.78 is 46.3. The normalized spacial score (nSPS) is 22.7. The first-order valence-electron chi connectivity index (χ1n) is 15.3. The van der Waals surface area contributed by atoms with E-state index in [2.05, 4.69) is 0 Å². The van der Waals surface area contributed by atoms with Crippen LogP contribution in [-0.2, 0) is 57.0 Å². The monoisotopic (exact) mass is 666 g/mol. The standard InChI is InChI=1S/C35H38O13/c1-14-30(37)27-20(12-46-14)32(39)29-19(11-23(43-6)34(40)35(29,44-7)45-8)26(27)25-18-9-17(41-4)10-22(42-5)24(18)31(38)21-13-47-15(2)33(28(21)25)48-16(3)36/h9-11,14-15,30,33,37-39H,12-13H2,1-8H3/t14-,15-,30+,33+/m0/s1. The fourth-order valence-electron chi connectivity index (χ4n) is 7.17. The van der Waals surface area contributed by atoms with Gasteiger partial charge in [0.25, 0.3) is 11.6 Å². The van der Waals surface area contributed by atoms with E-state index in [1.54, 1.807) is 26.0 Å². The smallest absolute Gasteiger partial charge is 0.303 e. The molecule has 0 bridgehead atoms. The van der Waals surface area contributed by atoms with Crippen molar-refractivity contribution in [2.24, 2.45) is 0 Å². The Morgan fingerprint density at radius 2 is 1.52 bits per heavy atom. The molecule has 0 saturated heterocycles. The van der Waals surface area contributed by atoms with Crippen LogP contribution >= 0.6 is 0 Å². The third kappa shape index (κ3) is 4.64. The molecule has 3 aliphatic rings. The summed E-state index contributed by atoms with van der Waals surface area (Å²) in [6.45, 7) is 4.49. The Morgan fingerprint density at radius 3 is 2.10 bits per heavy atom. The van der Waals surface area contributed by atoms with Crippen LogP contribution in [0.15, 0.2) is 17.9 Å². The van der Waals surface area contributed by atoms with Crippen LogP contribution in [-0.4, -0.2) is 74.8 Å². The molecule has 0 radical (unpaired) electrons. The number of aliphatic hydroxyl groups is 1. The Hall–Kier alpha value is -4.40. The predicted octanol–water partition coefficient (Wildman–Crippen LogP) is 4.43. The van der Waals surface area contributed by atoms with E-state index in [0.29, 0.717) is 33.4 Å². The number of ketones is 1. The first-order valence-corrected chi connectivity index (χ1v) is 15.3. The number of hydrogen-bond donors (Lipinski definition) is 3. The lowest BCUT2D eigenvalue weighted by atomic mass is 9.73. The molecule has 2 heterocycles. The van der Waals surface area contributed by atoms with Gasteiger partial charge in [0.1, 0.15) is 29.1 Å². The van der Waals surface area contributed by atoms with E-state index >= 15 is 0 Å². The van der Waals surface area contributed by atoms with E-state index < -0.39 is 42.0 Å². The molecule has 256 valence electrons. The molecule has 0 aromatic heterocycles. The number of phenolic OH excluding ortho intramolecular Hbond substituents is 2. The van der Waals surface area contributed by atoms with Gasteiger partial charge in [-0.25, -0.2) is 0 Å². The summed E-state index contributed by atoms with van der Waals surface area (Å²) >= 11 is 0. The number of fused-ring (bicyclic) bond motifs is 4. The second-order valence-electron chi connectivity index (χ2n) is 11.8. The molecule has 3 aromatic rings. The number of aliphatic hydroxyl groups excluding tert-OH is 1. The maximum Gasteiger partial charge on any atom is 0.303 e. The highest BCUT2D eigenvalue weighted by molar-refractivity contribution is 6.13. The predicted molar refractivity (Wildman–Crippen MR) is 169 cm³/mol. The molecule has 0 amide bonds. The zero-order valence-corrected chi connectivity index (χ0v) is 27.9. The number of phenols is 2. The molecule has 6 rings (SSSR count). The van der Waals surface area contributed by atoms with Crippen molar-refractivity contribution in [2.45, 2.75) is 64.2 Å². The van der Waals surface area contributed by atoms with Gasteiger partial charge in [0.05, 0.1) is 57.7 Å². The van der Waals surface area contributed by atoms with Gasteiger partial charge in [0.2, 0.25) is 0 Å². The highest BCUT2D eigenvalue weighted by Crippen LogP contribution is 2.58. The van der Waals surface area contributed by atoms with Crippen molar-refractivity contribution in [3.05, 3.63) is 51.3 Å². The molecule has 0 saturated carbocycles. The van der Waals surface area contributed by atoms with Gasteiger partial charge in [-0.3, -0.25) is 9.59 Å². The van der Waals surface area contributed by atoms with E-state index in [0.717, 1.165) is 0 Å². The number of Topliss-reactive ketones (excluding diaryl/α,β-unsaturated/α-hetero) is 1. The fourth-order valence-corrected chi connectivity index (χ4v) is 7.17. The Labute approximate surface area is 276 Å². The Kier molecular flexibility index (Phi) is 8.54. The zero-order chi connectivity index (χ0) is 34.8. The number of benzene rings is 3. The second kappa shape index (κ2) is 12.2. The minimum Gasteiger partial charge on any atom is -0.507 e. The Bertz CT molecular complexity index is 1870. The summed E-state index contributed by atoms with van der Waals surface area (Å²) in [6, 6.07) is 3.30. The summed E-state index contributed by atoms with van der Waals surface area (Å²) in [6.07, 6.45) is -2.30. The number of carbonyl (C=O) groups excluding carboxylic acids is 2. The number of rotatable bonds is 7. The first-order chi connectivity index (χ1) is 22.9. The fraction of sp³-hybridized carbons (Fsp3) is 0.429. The van der Waals surface area contributed by atoms with Crippen LogP contribution in [0.4, 0.5) is 0 Å². The highest BCUT2D eigenvalue weighted by Gasteiger charge is 2.53. The summed E-state index contributed by atoms with van der Waals surface area (Å²) in [5.74, 6) is -3.55. The average Bonchev–Trinajstić information content (AvgIpc) is 3.07. The lowest BCUT2D eigenvalue weighted by Gasteiger charge is -2.40. The van der Waals surface area contributed by atoms with Crippen molar-refractivity contribution >= 4 is 28.6 Å². The van der Waals surface area contributed by atoms with E-state index in [-0.39, 0.29) is 63.9 Å². The van der Waals surface area contributed by atoms with Crippen LogP contribution in [0.1, 0.15) is 66.4 Å². The van der Waals surface area contributed by atoms with Crippen molar-refractivity contribution in [3.63, 3.8) is 0 Å². The number of ether oxygens (including phenoxy) is 8. The molecule has 1 aliphatic carbocycles. The van der Waals surface area contributed by atoms with Gasteiger partial charge >= 0.3 is 5.97 Å². The third-order valence-corrected chi connectivity index (χ3v) is 9.47. The van der Waals surface area contributed by atoms with Crippen molar-refractivity contribution in [1.29, 1.82) is 0 Å². The molecule has 13 heteroatoms. The summed E-state index contributed by atoms with van der Waals surface area (Å²) in [7, 11) is 6.77. The minimum absolute atomic E-state index is 0.0496. The molecule has 13 nitrogen and oxygen atoms in total. The van der Waals surface area contributed by atoms with Crippen LogP contribution in [0.25, 0.3) is 28.0 Å². The molecule has 3 aromatic carbocycles. The van der Waals surface area contributed by atoms with Gasteiger partial charge in [0, 0.05) is 54.8 Å². The van der Waals surface area contributed by atoms with Crippen LogP contribution in [0.2, 0.25) is 0 Å². The molecule has 4 atom stereocenters. The van der Waals surface area contributed by atoms with Gasteiger partial charge in [0.15, 0.2) is 11.9 Å². The SMILES string of the molecule is COC1=Cc2c(-c3c4c(c(O)c5c(OC)cc(OC)cc35)CO[C@@H](C)[C@H]4OC(C)=O)c3c(c(O)c2C(OC)(OC)C1=O)CO[C@@H](C)[C@H]3O. The topological polar surface area (TPSA) is 169 Å². The minimum atomic E-state index is -2.18. The van der Waals surface area contributed by atoms with Gasteiger partial charge in [-0.15, -0.1) is 0 Å². The Morgan fingerprint density at radius 1 is 0.875 bits per heavy atom. The number of esters is 1. The van der Waals surface area contributed by atoms with Gasteiger partial charge in [-0.2, -0.15) is 0 Å². The molecule has 0 unspecified atom stereocenters. The molecule has 3 N–H and O–H groups in total. The molecule has 48 heavy (non-hydrogen) atoms. The van der Waals surface area contributed by atoms with Gasteiger partial charge in [-0.05, 0) is 42.7 Å². The summed E-state index contributed by atoms with van der Waals surface area (Å²) in [4.78, 5) is 26.5. The highest BCUT2D eigenvalue weighted by atomic mass is 16.7. The molecular weight excluding hydrogens is 628 g/mol. The summed E-state index contributed by atoms with van der Waals surface area (Å²) in [5.41, 5.74) is 2.04. The second-order valence-corrected chi connectivity index (χ2v) is 11.8. The lowest BCUT2D eigenvalue weighted by Crippen LogP contribution is -2.44. The zero-order valence-electron chi connectivity index (χ0n) is 27.9. The maximum atomic E-state index is 13.9. The first kappa shape index (κ1) is 33.5. The van der Waals surface area contributed by atoms with Crippen LogP contribution in [0, 0.1) is 0 Å². The van der Waals surface area contributed by atoms with Crippen molar-refractivity contribution in [3.8, 4) is 34.1 Å². The third-order valence-electron chi connectivity index (χ3n) is 9.47. The van der Waals surface area contributed by atoms with E-state index in [1.165, 1.54) is 48.5 Å². The average molecular weight is 667 g/mol. The van der Waals surface area contributed by atoms with Crippen molar-refractivity contribution < 1.29 is 62.8 Å². The van der Waals surface area contributed by atoms with Gasteiger partial charge in [-0.1, -0.05) is 0 Å². The summed E-state index contributed by atoms with van der Waals surface area (Å²) in [5, 5.41) is 36.4. The number of methoxy groups -OCH3 is 5. The lowest BCUT2D eigenvalue weighted by molar-refractivity contribution is -0.213. The number of carbonyl (C=O) groups is 2. The van der Waals surface area contributed by atoms with E-state index in [1.807, 2.05) is 0 Å². The van der Waals surface area contributed by atoms with Gasteiger partial charge < -0.3 is 53.2 Å².